The summed E-state index contributed by atoms with van der Waals surface area (Å²) in [4.78, 5) is 0. The van der Waals surface area contributed by atoms with E-state index >= 15 is 0 Å². The summed E-state index contributed by atoms with van der Waals surface area (Å²) in [6.45, 7) is 9.11. The van der Waals surface area contributed by atoms with Crippen LogP contribution in [0.1, 0.15) is 43.4 Å². The summed E-state index contributed by atoms with van der Waals surface area (Å²) in [6, 6.07) is 1.61. The van der Waals surface area contributed by atoms with E-state index < -0.39 is 10.0 Å². The molecule has 110 valence electrons. The van der Waals surface area contributed by atoms with E-state index in [0.29, 0.717) is 6.42 Å². The smallest absolute Gasteiger partial charge is 0.212 e. The summed E-state index contributed by atoms with van der Waals surface area (Å²) < 4.78 is 32.0. The molecule has 0 saturated carbocycles. The lowest BCUT2D eigenvalue weighted by Gasteiger charge is -2.13. The second-order valence-electron chi connectivity index (χ2n) is 4.73. The number of sulfonamides is 1. The van der Waals surface area contributed by atoms with E-state index in [1.165, 1.54) is 0 Å². The molecule has 1 unspecified atom stereocenters. The van der Waals surface area contributed by atoms with E-state index in [2.05, 4.69) is 10.0 Å². The zero-order valence-electron chi connectivity index (χ0n) is 12.1. The lowest BCUT2D eigenvalue weighted by atomic mass is 10.1. The van der Waals surface area contributed by atoms with Crippen molar-refractivity contribution in [1.82, 2.24) is 10.0 Å². The van der Waals surface area contributed by atoms with E-state index in [0.717, 1.165) is 30.2 Å². The molecular weight excluding hydrogens is 264 g/mol. The van der Waals surface area contributed by atoms with Crippen LogP contribution in [0.25, 0.3) is 0 Å². The first-order chi connectivity index (χ1) is 8.85. The maximum Gasteiger partial charge on any atom is 0.212 e. The normalized spacial score (nSPS) is 13.7. The molecule has 0 radical (unpaired) electrons. The summed E-state index contributed by atoms with van der Waals surface area (Å²) in [6.07, 6.45) is 0.610. The molecule has 0 spiro atoms. The molecule has 0 saturated heterocycles. The maximum absolute atomic E-state index is 11.9. The van der Waals surface area contributed by atoms with Crippen LogP contribution >= 0.6 is 0 Å². The Bertz CT molecular complexity index is 494. The molecule has 1 aromatic rings. The highest BCUT2D eigenvalue weighted by Crippen LogP contribution is 2.21. The van der Waals surface area contributed by atoms with Gasteiger partial charge in [0.1, 0.15) is 11.5 Å². The van der Waals surface area contributed by atoms with Crippen molar-refractivity contribution in [2.24, 2.45) is 0 Å². The third-order valence-corrected chi connectivity index (χ3v) is 4.46. The first-order valence-corrected chi connectivity index (χ1v) is 8.28. The molecule has 1 aromatic heterocycles. The van der Waals surface area contributed by atoms with E-state index in [4.69, 9.17) is 4.42 Å². The van der Waals surface area contributed by atoms with Crippen LogP contribution in [0.4, 0.5) is 0 Å². The van der Waals surface area contributed by atoms with Gasteiger partial charge in [0.05, 0.1) is 5.75 Å². The SMILES string of the molecule is CCNCCCS(=O)(=O)NC(C)c1cc(C)oc1C. The van der Waals surface area contributed by atoms with Crippen molar-refractivity contribution in [3.05, 3.63) is 23.2 Å². The van der Waals surface area contributed by atoms with Gasteiger partial charge < -0.3 is 9.73 Å². The van der Waals surface area contributed by atoms with Gasteiger partial charge in [-0.3, -0.25) is 0 Å². The van der Waals surface area contributed by atoms with Crippen LogP contribution in [0.15, 0.2) is 10.5 Å². The third kappa shape index (κ3) is 5.34. The Hall–Kier alpha value is -0.850. The summed E-state index contributed by atoms with van der Waals surface area (Å²) in [5, 5.41) is 3.11. The average molecular weight is 288 g/mol. The highest BCUT2D eigenvalue weighted by atomic mass is 32.2. The van der Waals surface area contributed by atoms with Crippen molar-refractivity contribution >= 4 is 10.0 Å². The van der Waals surface area contributed by atoms with Crippen molar-refractivity contribution in [1.29, 1.82) is 0 Å². The van der Waals surface area contributed by atoms with Crippen LogP contribution in [0.2, 0.25) is 0 Å². The van der Waals surface area contributed by atoms with Crippen LogP contribution in [0.3, 0.4) is 0 Å². The van der Waals surface area contributed by atoms with Crippen molar-refractivity contribution in [3.8, 4) is 0 Å². The van der Waals surface area contributed by atoms with E-state index in [9.17, 15) is 8.42 Å². The molecule has 2 N–H and O–H groups in total. The third-order valence-electron chi connectivity index (χ3n) is 2.92. The average Bonchev–Trinajstić information content (AvgIpc) is 2.63. The minimum atomic E-state index is -3.25. The molecular formula is C13H24N2O3S. The maximum atomic E-state index is 11.9. The second kappa shape index (κ2) is 7.07. The molecule has 0 amide bonds. The van der Waals surface area contributed by atoms with E-state index in [1.807, 2.05) is 33.8 Å². The van der Waals surface area contributed by atoms with Crippen LogP contribution in [-0.2, 0) is 10.0 Å². The highest BCUT2D eigenvalue weighted by Gasteiger charge is 2.18. The van der Waals surface area contributed by atoms with E-state index in [-0.39, 0.29) is 11.8 Å². The first-order valence-electron chi connectivity index (χ1n) is 6.63. The van der Waals surface area contributed by atoms with Crippen LogP contribution < -0.4 is 10.0 Å². The van der Waals surface area contributed by atoms with Gasteiger partial charge in [0.2, 0.25) is 10.0 Å². The number of furan rings is 1. The molecule has 1 heterocycles. The molecule has 19 heavy (non-hydrogen) atoms. The van der Waals surface area contributed by atoms with Gasteiger partial charge in [-0.05, 0) is 46.3 Å². The summed E-state index contributed by atoms with van der Waals surface area (Å²) in [5.41, 5.74) is 0.896. The van der Waals surface area contributed by atoms with Crippen molar-refractivity contribution < 1.29 is 12.8 Å². The summed E-state index contributed by atoms with van der Waals surface area (Å²) >= 11 is 0. The van der Waals surface area contributed by atoms with Gasteiger partial charge in [0.15, 0.2) is 0 Å². The molecule has 1 atom stereocenters. The molecule has 0 aliphatic rings. The van der Waals surface area contributed by atoms with Gasteiger partial charge in [0.25, 0.3) is 0 Å². The topological polar surface area (TPSA) is 71.3 Å². The zero-order chi connectivity index (χ0) is 14.5. The van der Waals surface area contributed by atoms with Crippen molar-refractivity contribution in [2.75, 3.05) is 18.8 Å². The predicted molar refractivity (Wildman–Crippen MR) is 76.7 cm³/mol. The fourth-order valence-electron chi connectivity index (χ4n) is 2.04. The van der Waals surface area contributed by atoms with Gasteiger partial charge in [0, 0.05) is 11.6 Å². The summed E-state index contributed by atoms with van der Waals surface area (Å²) in [5.74, 6) is 1.70. The Morgan fingerprint density at radius 3 is 2.58 bits per heavy atom. The molecule has 1 rings (SSSR count). The van der Waals surface area contributed by atoms with Crippen LogP contribution in [0, 0.1) is 13.8 Å². The Morgan fingerprint density at radius 1 is 1.37 bits per heavy atom. The minimum Gasteiger partial charge on any atom is -0.466 e. The largest absolute Gasteiger partial charge is 0.466 e. The molecule has 0 aliphatic carbocycles. The van der Waals surface area contributed by atoms with Crippen molar-refractivity contribution in [3.63, 3.8) is 0 Å². The quantitative estimate of drug-likeness (QED) is 0.716. The number of aryl methyl sites for hydroxylation is 2. The Labute approximate surface area is 115 Å². The van der Waals surface area contributed by atoms with Crippen LogP contribution in [-0.4, -0.2) is 27.3 Å². The van der Waals surface area contributed by atoms with E-state index in [1.54, 1.807) is 0 Å². The van der Waals surface area contributed by atoms with Gasteiger partial charge >= 0.3 is 0 Å². The Morgan fingerprint density at radius 2 is 2.05 bits per heavy atom. The lowest BCUT2D eigenvalue weighted by Crippen LogP contribution is -2.30. The van der Waals surface area contributed by atoms with Crippen molar-refractivity contribution in [2.45, 2.75) is 40.2 Å². The number of rotatable bonds is 8. The van der Waals surface area contributed by atoms with Gasteiger partial charge in [-0.1, -0.05) is 6.92 Å². The monoisotopic (exact) mass is 288 g/mol. The molecule has 0 aliphatic heterocycles. The highest BCUT2D eigenvalue weighted by molar-refractivity contribution is 7.89. The fraction of sp³-hybridized carbons (Fsp3) is 0.692. The molecule has 0 aromatic carbocycles. The zero-order valence-corrected chi connectivity index (χ0v) is 12.9. The molecule has 0 bridgehead atoms. The predicted octanol–water partition coefficient (Wildman–Crippen LogP) is 1.88. The lowest BCUT2D eigenvalue weighted by molar-refractivity contribution is 0.496. The molecule has 0 fully saturated rings. The first kappa shape index (κ1) is 16.2. The van der Waals surface area contributed by atoms with Gasteiger partial charge in [-0.15, -0.1) is 0 Å². The number of hydrogen-bond donors (Lipinski definition) is 2. The summed E-state index contributed by atoms with van der Waals surface area (Å²) in [7, 11) is -3.25. The fourth-order valence-corrected chi connectivity index (χ4v) is 3.34. The molecule has 5 nitrogen and oxygen atoms in total. The standard InChI is InChI=1S/C13H24N2O3S/c1-5-14-7-6-8-19(16,17)15-11(3)13-9-10(2)18-12(13)4/h9,11,14-15H,5-8H2,1-4H3. The van der Waals surface area contributed by atoms with Crippen LogP contribution in [0.5, 0.6) is 0 Å². The second-order valence-corrected chi connectivity index (χ2v) is 6.61. The number of nitrogens with one attached hydrogen (secondary N) is 2. The van der Waals surface area contributed by atoms with Gasteiger partial charge in [-0.25, -0.2) is 13.1 Å². The number of hydrogen-bond acceptors (Lipinski definition) is 4. The molecule has 6 heteroatoms. The van der Waals surface area contributed by atoms with Gasteiger partial charge in [-0.2, -0.15) is 0 Å². The minimum absolute atomic E-state index is 0.139. The Kier molecular flexibility index (Phi) is 6.03. The Balaban J connectivity index is 2.55.